The van der Waals surface area contributed by atoms with Crippen LogP contribution in [0.3, 0.4) is 0 Å². The molecule has 0 aliphatic carbocycles. The Bertz CT molecular complexity index is 179. The normalized spacial score (nSPS) is 22.0. The molecule has 0 amide bonds. The molecule has 1 rings (SSSR count). The lowest BCUT2D eigenvalue weighted by Crippen LogP contribution is -2.30. The number of hydrogen-bond donors (Lipinski definition) is 0. The number of unbranched alkanes of at least 4 members (excludes halogenated alkanes) is 1. The van der Waals surface area contributed by atoms with Crippen molar-refractivity contribution in [3.8, 4) is 0 Å². The molecule has 0 aromatic rings. The van der Waals surface area contributed by atoms with E-state index in [1.165, 1.54) is 12.8 Å². The highest BCUT2D eigenvalue weighted by Crippen LogP contribution is 2.21. The van der Waals surface area contributed by atoms with Crippen LogP contribution < -0.4 is 0 Å². The van der Waals surface area contributed by atoms with Crippen LogP contribution in [0.15, 0.2) is 25.2 Å². The van der Waals surface area contributed by atoms with Gasteiger partial charge in [-0.1, -0.05) is 19.9 Å². The summed E-state index contributed by atoms with van der Waals surface area (Å²) in [4.78, 5) is 4.29. The van der Waals surface area contributed by atoms with Gasteiger partial charge < -0.3 is 9.80 Å². The Morgan fingerprint density at radius 2 is 2.33 bits per heavy atom. The summed E-state index contributed by atoms with van der Waals surface area (Å²) in [6.45, 7) is 7.03. The molecule has 1 atom stereocenters. The average molecular weight is 231 g/mol. The summed E-state index contributed by atoms with van der Waals surface area (Å²) in [5, 5.41) is 0.265. The number of halogens is 1. The number of nitrogens with zero attached hydrogens (tertiary/aromatic N) is 2. The maximum absolute atomic E-state index is 3.73. The lowest BCUT2D eigenvalue weighted by Gasteiger charge is -2.25. The van der Waals surface area contributed by atoms with Crippen LogP contribution in [0.5, 0.6) is 0 Å². The van der Waals surface area contributed by atoms with Gasteiger partial charge in [-0.2, -0.15) is 0 Å². The molecule has 12 heavy (non-hydrogen) atoms. The molecule has 0 spiro atoms. The zero-order chi connectivity index (χ0) is 8.97. The molecule has 0 bridgehead atoms. The van der Waals surface area contributed by atoms with Crippen LogP contribution in [-0.2, 0) is 0 Å². The molecule has 0 aromatic carbocycles. The van der Waals surface area contributed by atoms with E-state index >= 15 is 0 Å². The standard InChI is InChI=1S/C9H15BrN2/c1-3-5-6-12-8-7-11(4-2)9(12)10/h4,7-9H,2-3,5-6H2,1H3. The Labute approximate surface area is 82.7 Å². The van der Waals surface area contributed by atoms with Crippen molar-refractivity contribution in [1.29, 1.82) is 0 Å². The van der Waals surface area contributed by atoms with Crippen LogP contribution in [0.4, 0.5) is 0 Å². The van der Waals surface area contributed by atoms with Gasteiger partial charge in [-0.15, -0.1) is 0 Å². The molecule has 0 saturated carbocycles. The summed E-state index contributed by atoms with van der Waals surface area (Å²) in [5.74, 6) is 0. The Hall–Kier alpha value is -0.440. The van der Waals surface area contributed by atoms with Gasteiger partial charge in [0.15, 0.2) is 5.08 Å². The molecular weight excluding hydrogens is 216 g/mol. The average Bonchev–Trinajstić information content (AvgIpc) is 2.43. The maximum atomic E-state index is 3.73. The van der Waals surface area contributed by atoms with Crippen LogP contribution >= 0.6 is 15.9 Å². The van der Waals surface area contributed by atoms with Crippen LogP contribution in [-0.4, -0.2) is 21.4 Å². The third-order valence-corrected chi connectivity index (χ3v) is 2.93. The van der Waals surface area contributed by atoms with Gasteiger partial charge >= 0.3 is 0 Å². The van der Waals surface area contributed by atoms with Crippen molar-refractivity contribution in [3.63, 3.8) is 0 Å². The monoisotopic (exact) mass is 230 g/mol. The third-order valence-electron chi connectivity index (χ3n) is 1.93. The first-order chi connectivity index (χ1) is 5.79. The van der Waals surface area contributed by atoms with E-state index in [0.29, 0.717) is 0 Å². The second-order valence-electron chi connectivity index (χ2n) is 2.83. The fourth-order valence-corrected chi connectivity index (χ4v) is 1.79. The van der Waals surface area contributed by atoms with E-state index in [4.69, 9.17) is 0 Å². The van der Waals surface area contributed by atoms with E-state index in [9.17, 15) is 0 Å². The molecule has 1 aliphatic rings. The van der Waals surface area contributed by atoms with Crippen molar-refractivity contribution >= 4 is 15.9 Å². The third kappa shape index (κ3) is 2.03. The van der Waals surface area contributed by atoms with E-state index in [1.807, 2.05) is 17.3 Å². The molecule has 0 aromatic heterocycles. The van der Waals surface area contributed by atoms with Gasteiger partial charge in [-0.3, -0.25) is 0 Å². The highest BCUT2D eigenvalue weighted by atomic mass is 79.9. The van der Waals surface area contributed by atoms with Crippen molar-refractivity contribution in [2.75, 3.05) is 6.54 Å². The minimum absolute atomic E-state index is 0.265. The first-order valence-corrected chi connectivity index (χ1v) is 5.19. The van der Waals surface area contributed by atoms with Gasteiger partial charge in [0, 0.05) is 18.9 Å². The van der Waals surface area contributed by atoms with Gasteiger partial charge in [0.25, 0.3) is 0 Å². The molecule has 0 saturated heterocycles. The number of rotatable bonds is 4. The van der Waals surface area contributed by atoms with Crippen molar-refractivity contribution in [2.45, 2.75) is 24.8 Å². The van der Waals surface area contributed by atoms with E-state index in [0.717, 1.165) is 6.54 Å². The number of hydrogen-bond acceptors (Lipinski definition) is 2. The first kappa shape index (κ1) is 9.65. The van der Waals surface area contributed by atoms with Crippen LogP contribution in [0, 0.1) is 0 Å². The quantitative estimate of drug-likeness (QED) is 0.542. The molecule has 68 valence electrons. The minimum Gasteiger partial charge on any atom is -0.347 e. The molecular formula is C9H15BrN2. The van der Waals surface area contributed by atoms with Crippen LogP contribution in [0.25, 0.3) is 0 Å². The first-order valence-electron chi connectivity index (χ1n) is 4.27. The van der Waals surface area contributed by atoms with Crippen molar-refractivity contribution in [2.24, 2.45) is 0 Å². The largest absolute Gasteiger partial charge is 0.347 e. The molecule has 1 heterocycles. The molecule has 1 unspecified atom stereocenters. The summed E-state index contributed by atoms with van der Waals surface area (Å²) in [5.41, 5.74) is 0. The zero-order valence-corrected chi connectivity index (χ0v) is 9.00. The molecule has 3 heteroatoms. The Morgan fingerprint density at radius 1 is 1.58 bits per heavy atom. The molecule has 0 N–H and O–H groups in total. The topological polar surface area (TPSA) is 6.48 Å². The SMILES string of the molecule is C=CN1C=CN(CCCC)C1Br. The summed E-state index contributed by atoms with van der Waals surface area (Å²) in [6, 6.07) is 0. The molecule has 2 nitrogen and oxygen atoms in total. The minimum atomic E-state index is 0.265. The van der Waals surface area contributed by atoms with Crippen molar-refractivity contribution < 1.29 is 0 Å². The van der Waals surface area contributed by atoms with Crippen LogP contribution in [0.2, 0.25) is 0 Å². The molecule has 0 fully saturated rings. The van der Waals surface area contributed by atoms with Crippen molar-refractivity contribution in [1.82, 2.24) is 9.80 Å². The molecule has 1 aliphatic heterocycles. The Morgan fingerprint density at radius 3 is 2.83 bits per heavy atom. The van der Waals surface area contributed by atoms with E-state index in [1.54, 1.807) is 0 Å². The Kier molecular flexibility index (Phi) is 3.66. The van der Waals surface area contributed by atoms with Crippen molar-refractivity contribution in [3.05, 3.63) is 25.2 Å². The van der Waals surface area contributed by atoms with Gasteiger partial charge in [-0.05, 0) is 28.6 Å². The summed E-state index contributed by atoms with van der Waals surface area (Å²) in [6.07, 6.45) is 8.41. The highest BCUT2D eigenvalue weighted by Gasteiger charge is 2.20. The summed E-state index contributed by atoms with van der Waals surface area (Å²) < 4.78 is 0. The van der Waals surface area contributed by atoms with E-state index in [-0.39, 0.29) is 5.08 Å². The fourth-order valence-electron chi connectivity index (χ4n) is 1.15. The Balaban J connectivity index is 2.39. The van der Waals surface area contributed by atoms with Gasteiger partial charge in [0.05, 0.1) is 0 Å². The highest BCUT2D eigenvalue weighted by molar-refractivity contribution is 9.09. The van der Waals surface area contributed by atoms with E-state index < -0.39 is 0 Å². The van der Waals surface area contributed by atoms with Gasteiger partial charge in [-0.25, -0.2) is 0 Å². The fraction of sp³-hybridized carbons (Fsp3) is 0.556. The van der Waals surface area contributed by atoms with Crippen LogP contribution in [0.1, 0.15) is 19.8 Å². The number of alkyl halides is 1. The summed E-state index contributed by atoms with van der Waals surface area (Å²) in [7, 11) is 0. The lowest BCUT2D eigenvalue weighted by atomic mass is 10.3. The van der Waals surface area contributed by atoms with Gasteiger partial charge in [0.1, 0.15) is 0 Å². The predicted molar refractivity (Wildman–Crippen MR) is 55.5 cm³/mol. The summed E-state index contributed by atoms with van der Waals surface area (Å²) >= 11 is 3.58. The maximum Gasteiger partial charge on any atom is 0.162 e. The molecule has 0 radical (unpaired) electrons. The lowest BCUT2D eigenvalue weighted by molar-refractivity contribution is 0.283. The van der Waals surface area contributed by atoms with Gasteiger partial charge in [0.2, 0.25) is 0 Å². The second kappa shape index (κ2) is 4.55. The predicted octanol–water partition coefficient (Wildman–Crippen LogP) is 2.70. The second-order valence-corrected chi connectivity index (χ2v) is 3.65. The smallest absolute Gasteiger partial charge is 0.162 e. The zero-order valence-electron chi connectivity index (χ0n) is 7.41. The van der Waals surface area contributed by atoms with E-state index in [2.05, 4.69) is 40.5 Å².